The van der Waals surface area contributed by atoms with Gasteiger partial charge in [-0.05, 0) is 6.07 Å². The normalized spacial score (nSPS) is 10.1. The fourth-order valence-electron chi connectivity index (χ4n) is 1.33. The summed E-state index contributed by atoms with van der Waals surface area (Å²) in [7, 11) is 0. The topological polar surface area (TPSA) is 128 Å². The first-order valence-corrected chi connectivity index (χ1v) is 5.63. The highest BCUT2D eigenvalue weighted by molar-refractivity contribution is 6.32. The molecule has 3 N–H and O–H groups in total. The lowest BCUT2D eigenvalue weighted by molar-refractivity contribution is -0.384. The summed E-state index contributed by atoms with van der Waals surface area (Å²) in [5, 5.41) is 17.7. The van der Waals surface area contributed by atoms with Crippen molar-refractivity contribution in [3.8, 4) is 11.6 Å². The summed E-state index contributed by atoms with van der Waals surface area (Å²) in [4.78, 5) is 17.8. The summed E-state index contributed by atoms with van der Waals surface area (Å²) in [6.45, 7) is 0. The van der Waals surface area contributed by atoms with Gasteiger partial charge in [0.05, 0.1) is 17.3 Å². The van der Waals surface area contributed by atoms with Gasteiger partial charge in [-0.15, -0.1) is 0 Å². The van der Waals surface area contributed by atoms with Crippen molar-refractivity contribution in [2.75, 3.05) is 0 Å². The molecular formula is C11H8ClN5O3. The van der Waals surface area contributed by atoms with Gasteiger partial charge in [-0.3, -0.25) is 15.5 Å². The number of hydrogen-bond donors (Lipinski definition) is 2. The van der Waals surface area contributed by atoms with Gasteiger partial charge in [-0.2, -0.15) is 0 Å². The van der Waals surface area contributed by atoms with E-state index in [4.69, 9.17) is 27.5 Å². The van der Waals surface area contributed by atoms with E-state index in [2.05, 4.69) is 9.97 Å². The summed E-state index contributed by atoms with van der Waals surface area (Å²) < 4.78 is 5.34. The van der Waals surface area contributed by atoms with Gasteiger partial charge in [0.2, 0.25) is 5.88 Å². The molecule has 0 aliphatic heterocycles. The van der Waals surface area contributed by atoms with Crippen LogP contribution in [-0.4, -0.2) is 20.7 Å². The molecule has 0 aliphatic rings. The van der Waals surface area contributed by atoms with Crippen LogP contribution in [0.1, 0.15) is 5.69 Å². The second kappa shape index (κ2) is 5.49. The fourth-order valence-corrected chi connectivity index (χ4v) is 1.57. The van der Waals surface area contributed by atoms with E-state index < -0.39 is 4.92 Å². The molecule has 0 unspecified atom stereocenters. The van der Waals surface area contributed by atoms with E-state index in [1.165, 1.54) is 30.6 Å². The number of nitrogens with one attached hydrogen (secondary N) is 1. The minimum absolute atomic E-state index is 0.0409. The lowest BCUT2D eigenvalue weighted by atomic mass is 10.3. The molecule has 0 saturated heterocycles. The molecule has 1 aromatic carbocycles. The first-order chi connectivity index (χ1) is 9.47. The van der Waals surface area contributed by atoms with Gasteiger partial charge < -0.3 is 10.5 Å². The second-order valence-electron chi connectivity index (χ2n) is 3.63. The van der Waals surface area contributed by atoms with Crippen LogP contribution in [-0.2, 0) is 0 Å². The van der Waals surface area contributed by atoms with Gasteiger partial charge in [0.25, 0.3) is 5.69 Å². The minimum Gasteiger partial charge on any atom is -0.437 e. The number of amidine groups is 1. The molecule has 1 heterocycles. The third-order valence-corrected chi connectivity index (χ3v) is 2.55. The molecule has 102 valence electrons. The molecular weight excluding hydrogens is 286 g/mol. The van der Waals surface area contributed by atoms with Gasteiger partial charge in [-0.25, -0.2) is 9.97 Å². The van der Waals surface area contributed by atoms with Gasteiger partial charge in [0.15, 0.2) is 0 Å². The molecule has 0 amide bonds. The highest BCUT2D eigenvalue weighted by Gasteiger charge is 2.13. The highest BCUT2D eigenvalue weighted by Crippen LogP contribution is 2.30. The Morgan fingerprint density at radius 2 is 2.15 bits per heavy atom. The van der Waals surface area contributed by atoms with E-state index in [0.717, 1.165) is 0 Å². The number of nitro benzene ring substituents is 1. The summed E-state index contributed by atoms with van der Waals surface area (Å²) in [6.07, 6.45) is 2.57. The number of nitrogen functional groups attached to an aromatic ring is 1. The van der Waals surface area contributed by atoms with Crippen molar-refractivity contribution in [2.45, 2.75) is 0 Å². The zero-order valence-corrected chi connectivity index (χ0v) is 10.7. The van der Waals surface area contributed by atoms with E-state index in [0.29, 0.717) is 0 Å². The van der Waals surface area contributed by atoms with Crippen LogP contribution < -0.4 is 10.5 Å². The number of rotatable bonds is 4. The zero-order chi connectivity index (χ0) is 14.7. The van der Waals surface area contributed by atoms with Crippen LogP contribution in [0.4, 0.5) is 5.69 Å². The van der Waals surface area contributed by atoms with E-state index in [9.17, 15) is 10.1 Å². The maximum absolute atomic E-state index is 10.6. The van der Waals surface area contributed by atoms with E-state index in [1.54, 1.807) is 0 Å². The summed E-state index contributed by atoms with van der Waals surface area (Å²) >= 11 is 5.76. The standard InChI is InChI=1S/C11H8ClN5O3/c12-7-3-6(1-2-9(7)17(18)19)20-10-5-15-8(4-16-10)11(13)14/h1-5H,(H3,13,14). The van der Waals surface area contributed by atoms with E-state index in [1.807, 2.05) is 0 Å². The molecule has 1 aromatic heterocycles. The van der Waals surface area contributed by atoms with Crippen molar-refractivity contribution in [3.63, 3.8) is 0 Å². The Balaban J connectivity index is 2.19. The molecule has 0 spiro atoms. The third kappa shape index (κ3) is 2.98. The fraction of sp³-hybridized carbons (Fsp3) is 0. The van der Waals surface area contributed by atoms with Crippen molar-refractivity contribution in [1.29, 1.82) is 5.41 Å². The molecule has 9 heteroatoms. The maximum atomic E-state index is 10.6. The first kappa shape index (κ1) is 13.7. The van der Waals surface area contributed by atoms with Crippen LogP contribution in [0.2, 0.25) is 5.02 Å². The second-order valence-corrected chi connectivity index (χ2v) is 4.03. The van der Waals surface area contributed by atoms with Gasteiger partial charge in [0.1, 0.15) is 22.3 Å². The quantitative estimate of drug-likeness (QED) is 0.384. The Kier molecular flexibility index (Phi) is 3.76. The van der Waals surface area contributed by atoms with Crippen LogP contribution >= 0.6 is 11.6 Å². The van der Waals surface area contributed by atoms with Crippen LogP contribution in [0.3, 0.4) is 0 Å². The summed E-state index contributed by atoms with van der Waals surface area (Å²) in [6, 6.07) is 3.93. The average Bonchev–Trinajstić information content (AvgIpc) is 2.39. The third-order valence-electron chi connectivity index (χ3n) is 2.24. The summed E-state index contributed by atoms with van der Waals surface area (Å²) in [5.41, 5.74) is 5.25. The molecule has 20 heavy (non-hydrogen) atoms. The zero-order valence-electron chi connectivity index (χ0n) is 9.91. The maximum Gasteiger partial charge on any atom is 0.288 e. The highest BCUT2D eigenvalue weighted by atomic mass is 35.5. The van der Waals surface area contributed by atoms with Gasteiger partial charge >= 0.3 is 0 Å². The number of benzene rings is 1. The predicted octanol–water partition coefficient (Wildman–Crippen LogP) is 2.11. The molecule has 2 aromatic rings. The number of nitrogens with two attached hydrogens (primary N) is 1. The van der Waals surface area contributed by atoms with E-state index in [-0.39, 0.29) is 33.9 Å². The number of nitro groups is 1. The summed E-state index contributed by atoms with van der Waals surface area (Å²) in [5.74, 6) is 0.229. The van der Waals surface area contributed by atoms with Crippen molar-refractivity contribution < 1.29 is 9.66 Å². The number of halogens is 1. The molecule has 0 bridgehead atoms. The van der Waals surface area contributed by atoms with Crippen molar-refractivity contribution in [1.82, 2.24) is 9.97 Å². The number of hydrogen-bond acceptors (Lipinski definition) is 6. The molecule has 8 nitrogen and oxygen atoms in total. The van der Waals surface area contributed by atoms with Gasteiger partial charge in [0, 0.05) is 12.1 Å². The Labute approximate surface area is 117 Å². The van der Waals surface area contributed by atoms with Crippen molar-refractivity contribution in [2.24, 2.45) is 5.73 Å². The molecule has 0 fully saturated rings. The van der Waals surface area contributed by atoms with Gasteiger partial charge in [-0.1, -0.05) is 11.6 Å². The van der Waals surface area contributed by atoms with Crippen molar-refractivity contribution in [3.05, 3.63) is 51.4 Å². The van der Waals surface area contributed by atoms with E-state index >= 15 is 0 Å². The Bertz CT molecular complexity index is 674. The van der Waals surface area contributed by atoms with Crippen molar-refractivity contribution >= 4 is 23.1 Å². The van der Waals surface area contributed by atoms with Crippen LogP contribution in [0.25, 0.3) is 0 Å². The number of ether oxygens (including phenoxy) is 1. The number of nitrogens with zero attached hydrogens (tertiary/aromatic N) is 3. The smallest absolute Gasteiger partial charge is 0.288 e. The van der Waals surface area contributed by atoms with Crippen LogP contribution in [0.5, 0.6) is 11.6 Å². The Morgan fingerprint density at radius 1 is 1.40 bits per heavy atom. The SMILES string of the molecule is N=C(N)c1cnc(Oc2ccc([N+](=O)[O-])c(Cl)c2)cn1. The van der Waals surface area contributed by atoms with Crippen LogP contribution in [0.15, 0.2) is 30.6 Å². The predicted molar refractivity (Wildman–Crippen MR) is 71.2 cm³/mol. The lowest BCUT2D eigenvalue weighted by Gasteiger charge is -2.05. The Hall–Kier alpha value is -2.74. The van der Waals surface area contributed by atoms with Crippen LogP contribution in [0, 0.1) is 15.5 Å². The molecule has 0 atom stereocenters. The Morgan fingerprint density at radius 3 is 2.65 bits per heavy atom. The average molecular weight is 294 g/mol. The molecule has 0 aliphatic carbocycles. The molecule has 0 saturated carbocycles. The number of aromatic nitrogens is 2. The largest absolute Gasteiger partial charge is 0.437 e. The first-order valence-electron chi connectivity index (χ1n) is 5.25. The monoisotopic (exact) mass is 293 g/mol. The molecule has 0 radical (unpaired) electrons. The molecule has 2 rings (SSSR count). The lowest BCUT2D eigenvalue weighted by Crippen LogP contribution is -2.13. The minimum atomic E-state index is -0.590.